The lowest BCUT2D eigenvalue weighted by atomic mass is 10.2. The van der Waals surface area contributed by atoms with Crippen LogP contribution in [-0.4, -0.2) is 47.3 Å². The number of carbonyl (C=O) groups excluding carboxylic acids is 3. The highest BCUT2D eigenvalue weighted by Gasteiger charge is 2.36. The van der Waals surface area contributed by atoms with Gasteiger partial charge in [-0.05, 0) is 66.7 Å². The van der Waals surface area contributed by atoms with Gasteiger partial charge in [0.15, 0.2) is 11.5 Å². The Morgan fingerprint density at radius 2 is 1.93 bits per heavy atom. The fraction of sp³-hybridized carbons (Fsp3) is 0.190. The molecule has 2 N–H and O–H groups in total. The lowest BCUT2D eigenvalue weighted by Gasteiger charge is -2.12. The molecule has 156 valence electrons. The van der Waals surface area contributed by atoms with Gasteiger partial charge in [-0.15, -0.1) is 0 Å². The number of aromatic hydroxyl groups is 1. The highest BCUT2D eigenvalue weighted by atomic mass is 32.2. The van der Waals surface area contributed by atoms with Gasteiger partial charge in [0, 0.05) is 5.69 Å². The summed E-state index contributed by atoms with van der Waals surface area (Å²) < 4.78 is 10.3. The first-order valence-electron chi connectivity index (χ1n) is 9.06. The number of anilines is 1. The van der Waals surface area contributed by atoms with Gasteiger partial charge in [0.2, 0.25) is 5.91 Å². The Bertz CT molecular complexity index is 1000. The molecule has 3 rings (SSSR count). The SMILES string of the molecule is CCOc1ccc(NC(=O)CN2C(=O)S/C(=C/c3ccc(OC)c(O)c3)C2=O)cc1. The van der Waals surface area contributed by atoms with Crippen LogP contribution in [0.3, 0.4) is 0 Å². The number of ether oxygens (including phenoxy) is 2. The van der Waals surface area contributed by atoms with Crippen molar-refractivity contribution in [2.75, 3.05) is 25.6 Å². The zero-order valence-electron chi connectivity index (χ0n) is 16.4. The third-order valence-corrected chi connectivity index (χ3v) is 5.03. The lowest BCUT2D eigenvalue weighted by molar-refractivity contribution is -0.127. The van der Waals surface area contributed by atoms with Crippen LogP contribution in [0.5, 0.6) is 17.2 Å². The van der Waals surface area contributed by atoms with Crippen LogP contribution in [0.2, 0.25) is 0 Å². The zero-order valence-corrected chi connectivity index (χ0v) is 17.2. The molecule has 0 aliphatic carbocycles. The summed E-state index contributed by atoms with van der Waals surface area (Å²) in [5.74, 6) is -0.172. The summed E-state index contributed by atoms with van der Waals surface area (Å²) >= 11 is 0.737. The highest BCUT2D eigenvalue weighted by Crippen LogP contribution is 2.34. The molecule has 1 heterocycles. The molecule has 30 heavy (non-hydrogen) atoms. The van der Waals surface area contributed by atoms with Crippen molar-refractivity contribution in [1.29, 1.82) is 0 Å². The van der Waals surface area contributed by atoms with Crippen LogP contribution in [0, 0.1) is 0 Å². The van der Waals surface area contributed by atoms with Gasteiger partial charge in [-0.3, -0.25) is 19.3 Å². The number of nitrogens with one attached hydrogen (secondary N) is 1. The molecule has 9 heteroatoms. The number of phenols is 1. The molecule has 1 saturated heterocycles. The van der Waals surface area contributed by atoms with E-state index in [2.05, 4.69) is 5.32 Å². The maximum Gasteiger partial charge on any atom is 0.294 e. The van der Waals surface area contributed by atoms with Gasteiger partial charge in [-0.1, -0.05) is 6.07 Å². The number of amides is 3. The minimum absolute atomic E-state index is 0.0831. The molecule has 8 nitrogen and oxygen atoms in total. The molecule has 0 bridgehead atoms. The molecule has 2 aromatic rings. The molecule has 1 aliphatic rings. The first-order chi connectivity index (χ1) is 14.4. The predicted octanol–water partition coefficient (Wildman–Crippen LogP) is 3.47. The molecule has 0 saturated carbocycles. The summed E-state index contributed by atoms with van der Waals surface area (Å²) in [4.78, 5) is 38.1. The second-order valence-electron chi connectivity index (χ2n) is 6.20. The van der Waals surface area contributed by atoms with Gasteiger partial charge in [0.1, 0.15) is 12.3 Å². The number of rotatable bonds is 7. The number of phenolic OH excluding ortho intramolecular Hbond substituents is 1. The summed E-state index contributed by atoms with van der Waals surface area (Å²) in [6, 6.07) is 11.4. The average Bonchev–Trinajstić information content (AvgIpc) is 2.97. The second kappa shape index (κ2) is 9.36. The van der Waals surface area contributed by atoms with Crippen LogP contribution < -0.4 is 14.8 Å². The van der Waals surface area contributed by atoms with Crippen molar-refractivity contribution >= 4 is 40.6 Å². The Hall–Kier alpha value is -3.46. The van der Waals surface area contributed by atoms with Gasteiger partial charge in [-0.2, -0.15) is 0 Å². The van der Waals surface area contributed by atoms with Crippen LogP contribution in [0.4, 0.5) is 10.5 Å². The summed E-state index contributed by atoms with van der Waals surface area (Å²) in [7, 11) is 1.43. The minimum Gasteiger partial charge on any atom is -0.504 e. The second-order valence-corrected chi connectivity index (χ2v) is 7.20. The fourth-order valence-electron chi connectivity index (χ4n) is 2.73. The minimum atomic E-state index is -0.567. The summed E-state index contributed by atoms with van der Waals surface area (Å²) in [5.41, 5.74) is 1.05. The van der Waals surface area contributed by atoms with Crippen molar-refractivity contribution in [3.63, 3.8) is 0 Å². The normalized spacial score (nSPS) is 14.9. The van der Waals surface area contributed by atoms with E-state index < -0.39 is 23.6 Å². The van der Waals surface area contributed by atoms with E-state index in [4.69, 9.17) is 9.47 Å². The van der Waals surface area contributed by atoms with Gasteiger partial charge in [0.25, 0.3) is 11.1 Å². The fourth-order valence-corrected chi connectivity index (χ4v) is 3.57. The Balaban J connectivity index is 1.65. The molecule has 1 fully saturated rings. The number of carbonyl (C=O) groups is 3. The molecule has 0 aromatic heterocycles. The Labute approximate surface area is 177 Å². The predicted molar refractivity (Wildman–Crippen MR) is 114 cm³/mol. The van der Waals surface area contributed by atoms with E-state index in [0.29, 0.717) is 29.4 Å². The Morgan fingerprint density at radius 3 is 2.57 bits per heavy atom. The number of benzene rings is 2. The van der Waals surface area contributed by atoms with E-state index in [9.17, 15) is 19.5 Å². The molecule has 1 aliphatic heterocycles. The Morgan fingerprint density at radius 1 is 1.20 bits per heavy atom. The topological polar surface area (TPSA) is 105 Å². The van der Waals surface area contributed by atoms with Crippen LogP contribution in [-0.2, 0) is 9.59 Å². The van der Waals surface area contributed by atoms with Crippen LogP contribution in [0.15, 0.2) is 47.4 Å². The van der Waals surface area contributed by atoms with Crippen LogP contribution >= 0.6 is 11.8 Å². The zero-order chi connectivity index (χ0) is 21.7. The first-order valence-corrected chi connectivity index (χ1v) is 9.88. The number of hydrogen-bond acceptors (Lipinski definition) is 7. The number of imide groups is 1. The number of nitrogens with zero attached hydrogens (tertiary/aromatic N) is 1. The lowest BCUT2D eigenvalue weighted by Crippen LogP contribution is -2.36. The standard InChI is InChI=1S/C21H20N2O6S/c1-3-29-15-7-5-14(6-8-15)22-19(25)12-23-20(26)18(30-21(23)27)11-13-4-9-17(28-2)16(24)10-13/h4-11,24H,3,12H2,1-2H3,(H,22,25)/b18-11+. The van der Waals surface area contributed by atoms with Gasteiger partial charge >= 0.3 is 0 Å². The Kier molecular flexibility index (Phi) is 6.63. The quantitative estimate of drug-likeness (QED) is 0.651. The van der Waals surface area contributed by atoms with E-state index in [1.165, 1.54) is 19.3 Å². The monoisotopic (exact) mass is 428 g/mol. The highest BCUT2D eigenvalue weighted by molar-refractivity contribution is 8.18. The summed E-state index contributed by atoms with van der Waals surface area (Å²) in [6.45, 7) is 2.01. The maximum atomic E-state index is 12.6. The molecular formula is C21H20N2O6S. The molecule has 0 unspecified atom stereocenters. The first kappa shape index (κ1) is 21.3. The molecule has 3 amide bonds. The molecule has 0 radical (unpaired) electrons. The van der Waals surface area contributed by atoms with Crippen molar-refractivity contribution in [2.45, 2.75) is 6.92 Å². The van der Waals surface area contributed by atoms with E-state index in [1.54, 1.807) is 36.4 Å². The van der Waals surface area contributed by atoms with Gasteiger partial charge in [-0.25, -0.2) is 0 Å². The van der Waals surface area contributed by atoms with E-state index in [1.807, 2.05) is 6.92 Å². The number of hydrogen-bond donors (Lipinski definition) is 2. The third kappa shape index (κ3) is 4.93. The molecule has 0 spiro atoms. The molecule has 2 aromatic carbocycles. The van der Waals surface area contributed by atoms with Crippen molar-refractivity contribution in [1.82, 2.24) is 4.90 Å². The van der Waals surface area contributed by atoms with Crippen molar-refractivity contribution < 1.29 is 29.0 Å². The van der Waals surface area contributed by atoms with Crippen LogP contribution in [0.1, 0.15) is 12.5 Å². The smallest absolute Gasteiger partial charge is 0.294 e. The van der Waals surface area contributed by atoms with E-state index in [0.717, 1.165) is 16.7 Å². The van der Waals surface area contributed by atoms with Crippen molar-refractivity contribution in [2.24, 2.45) is 0 Å². The average molecular weight is 428 g/mol. The molecule has 0 atom stereocenters. The number of thioether (sulfide) groups is 1. The number of methoxy groups -OCH3 is 1. The summed E-state index contributed by atoms with van der Waals surface area (Å²) in [5, 5.41) is 12.0. The van der Waals surface area contributed by atoms with Crippen LogP contribution in [0.25, 0.3) is 6.08 Å². The van der Waals surface area contributed by atoms with Crippen molar-refractivity contribution in [3.8, 4) is 17.2 Å². The largest absolute Gasteiger partial charge is 0.504 e. The molecular weight excluding hydrogens is 408 g/mol. The van der Waals surface area contributed by atoms with Crippen molar-refractivity contribution in [3.05, 3.63) is 52.9 Å². The summed E-state index contributed by atoms with van der Waals surface area (Å²) in [6.07, 6.45) is 1.48. The van der Waals surface area contributed by atoms with Gasteiger partial charge < -0.3 is 19.9 Å². The van der Waals surface area contributed by atoms with Gasteiger partial charge in [0.05, 0.1) is 18.6 Å². The third-order valence-electron chi connectivity index (χ3n) is 4.13. The van der Waals surface area contributed by atoms with E-state index in [-0.39, 0.29) is 10.7 Å². The van der Waals surface area contributed by atoms with E-state index >= 15 is 0 Å². The maximum absolute atomic E-state index is 12.6.